The third-order valence-corrected chi connectivity index (χ3v) is 4.24. The van der Waals surface area contributed by atoms with Crippen LogP contribution in [-0.4, -0.2) is 5.97 Å². The molecule has 1 aliphatic rings. The highest BCUT2D eigenvalue weighted by atomic mass is 19.2. The molecule has 0 unspecified atom stereocenters. The Kier molecular flexibility index (Phi) is 7.35. The standard InChI is InChI=1S/C14H14F4O2.C6H7N/c1-6-9(15)11(17)7(12(18)10(6)16)5-20-13(19)8-4-14(8,2)3;1-3-4-6(2)5-7/h8H,4-5H2,1-3H3;3-4H,2H2,1H3/b;4-3+/t8-;/m0./s1. The second-order valence-corrected chi connectivity index (χ2v) is 6.85. The number of carbonyl (C=O) groups excluding carboxylic acids is 1. The topological polar surface area (TPSA) is 50.1 Å². The molecule has 1 aromatic rings. The largest absolute Gasteiger partial charge is 0.460 e. The van der Waals surface area contributed by atoms with E-state index in [1.807, 2.05) is 26.8 Å². The maximum atomic E-state index is 13.5. The van der Waals surface area contributed by atoms with Crippen molar-refractivity contribution in [2.24, 2.45) is 11.3 Å². The molecule has 0 aromatic heterocycles. The van der Waals surface area contributed by atoms with Gasteiger partial charge in [-0.2, -0.15) is 5.26 Å². The van der Waals surface area contributed by atoms with Gasteiger partial charge in [-0.3, -0.25) is 4.79 Å². The second kappa shape index (κ2) is 8.85. The van der Waals surface area contributed by atoms with Crippen LogP contribution in [0.15, 0.2) is 24.3 Å². The van der Waals surface area contributed by atoms with Crippen LogP contribution < -0.4 is 0 Å². The van der Waals surface area contributed by atoms with Gasteiger partial charge in [-0.05, 0) is 31.8 Å². The number of nitrogens with zero attached hydrogens (tertiary/aromatic N) is 1. The number of ether oxygens (including phenoxy) is 1. The third-order valence-electron chi connectivity index (χ3n) is 4.24. The summed E-state index contributed by atoms with van der Waals surface area (Å²) in [6, 6.07) is 1.88. The van der Waals surface area contributed by atoms with Crippen molar-refractivity contribution in [2.45, 2.75) is 40.7 Å². The number of rotatable bonds is 4. The van der Waals surface area contributed by atoms with E-state index in [4.69, 9.17) is 10.00 Å². The van der Waals surface area contributed by atoms with Gasteiger partial charge in [-0.1, -0.05) is 26.5 Å². The van der Waals surface area contributed by atoms with Gasteiger partial charge in [0.2, 0.25) is 0 Å². The minimum atomic E-state index is -1.52. The van der Waals surface area contributed by atoms with E-state index in [9.17, 15) is 22.4 Å². The second-order valence-electron chi connectivity index (χ2n) is 6.85. The van der Waals surface area contributed by atoms with Crippen LogP contribution in [0.2, 0.25) is 0 Å². The highest BCUT2D eigenvalue weighted by molar-refractivity contribution is 5.76. The zero-order valence-electron chi connectivity index (χ0n) is 15.6. The molecule has 1 saturated carbocycles. The zero-order valence-corrected chi connectivity index (χ0v) is 15.6. The number of hydrogen-bond donors (Lipinski definition) is 0. The smallest absolute Gasteiger partial charge is 0.309 e. The van der Waals surface area contributed by atoms with Gasteiger partial charge in [0.25, 0.3) is 0 Å². The SMILES string of the molecule is C=C(C#N)/C=C/C.Cc1c(F)c(F)c(COC(=O)[C@@H]2CC2(C)C)c(F)c1F. The molecule has 0 bridgehead atoms. The molecule has 1 aromatic carbocycles. The molecule has 0 saturated heterocycles. The lowest BCUT2D eigenvalue weighted by Crippen LogP contribution is -2.14. The van der Waals surface area contributed by atoms with Gasteiger partial charge in [0.15, 0.2) is 23.3 Å². The molecule has 1 aliphatic carbocycles. The molecule has 1 fully saturated rings. The van der Waals surface area contributed by atoms with Gasteiger partial charge < -0.3 is 4.74 Å². The van der Waals surface area contributed by atoms with Crippen LogP contribution in [0.25, 0.3) is 0 Å². The molecule has 2 rings (SSSR count). The minimum Gasteiger partial charge on any atom is -0.460 e. The molecular weight excluding hydrogens is 362 g/mol. The summed E-state index contributed by atoms with van der Waals surface area (Å²) in [5.74, 6) is -6.94. The summed E-state index contributed by atoms with van der Waals surface area (Å²) in [4.78, 5) is 11.6. The van der Waals surface area contributed by atoms with Crippen LogP contribution in [0.4, 0.5) is 17.6 Å². The summed E-state index contributed by atoms with van der Waals surface area (Å²) in [7, 11) is 0. The van der Waals surface area contributed by atoms with Gasteiger partial charge in [0, 0.05) is 11.1 Å². The van der Waals surface area contributed by atoms with Gasteiger partial charge in [0.05, 0.1) is 17.6 Å². The van der Waals surface area contributed by atoms with Crippen LogP contribution in [0.5, 0.6) is 0 Å². The Labute approximate surface area is 155 Å². The Balaban J connectivity index is 0.000000445. The van der Waals surface area contributed by atoms with E-state index < -0.39 is 47.0 Å². The fourth-order valence-corrected chi connectivity index (χ4v) is 2.27. The molecule has 27 heavy (non-hydrogen) atoms. The van der Waals surface area contributed by atoms with Crippen molar-refractivity contribution in [3.05, 3.63) is 58.7 Å². The van der Waals surface area contributed by atoms with Crippen LogP contribution in [0.1, 0.15) is 38.3 Å². The lowest BCUT2D eigenvalue weighted by atomic mass is 10.1. The summed E-state index contributed by atoms with van der Waals surface area (Å²) >= 11 is 0. The fraction of sp³-hybridized carbons (Fsp3) is 0.400. The monoisotopic (exact) mass is 383 g/mol. The lowest BCUT2D eigenvalue weighted by Gasteiger charge is -2.10. The van der Waals surface area contributed by atoms with Gasteiger partial charge in [0.1, 0.15) is 6.61 Å². The number of halogens is 4. The average Bonchev–Trinajstić information content (AvgIpc) is 3.27. The molecule has 0 heterocycles. The van der Waals surface area contributed by atoms with E-state index in [0.29, 0.717) is 12.0 Å². The number of nitriles is 1. The summed E-state index contributed by atoms with van der Waals surface area (Å²) < 4.78 is 58.5. The zero-order chi connectivity index (χ0) is 20.9. The molecule has 0 N–H and O–H groups in total. The Bertz CT molecular complexity index is 793. The van der Waals surface area contributed by atoms with Gasteiger partial charge in [-0.25, -0.2) is 17.6 Å². The van der Waals surface area contributed by atoms with Gasteiger partial charge >= 0.3 is 5.97 Å². The first-order valence-corrected chi connectivity index (χ1v) is 8.17. The fourth-order valence-electron chi connectivity index (χ4n) is 2.27. The number of esters is 1. The summed E-state index contributed by atoms with van der Waals surface area (Å²) in [6.45, 7) is 9.08. The van der Waals surface area contributed by atoms with Crippen LogP contribution >= 0.6 is 0 Å². The number of hydrogen-bond acceptors (Lipinski definition) is 3. The van der Waals surface area contributed by atoms with E-state index in [2.05, 4.69) is 6.58 Å². The maximum absolute atomic E-state index is 13.5. The normalized spacial score (nSPS) is 16.9. The number of allylic oxidation sites excluding steroid dienone is 3. The summed E-state index contributed by atoms with van der Waals surface area (Å²) in [5, 5.41) is 8.07. The van der Waals surface area contributed by atoms with Crippen LogP contribution in [0.3, 0.4) is 0 Å². The Morgan fingerprint density at radius 2 is 1.74 bits per heavy atom. The number of carbonyl (C=O) groups is 1. The molecule has 0 radical (unpaired) electrons. The average molecular weight is 383 g/mol. The summed E-state index contributed by atoms with van der Waals surface area (Å²) in [6.07, 6.45) is 4.07. The predicted molar refractivity (Wildman–Crippen MR) is 92.3 cm³/mol. The third kappa shape index (κ3) is 5.43. The van der Waals surface area contributed by atoms with Crippen molar-refractivity contribution in [3.63, 3.8) is 0 Å². The van der Waals surface area contributed by atoms with Crippen LogP contribution in [-0.2, 0) is 16.1 Å². The van der Waals surface area contributed by atoms with Crippen LogP contribution in [0, 0.1) is 52.9 Å². The van der Waals surface area contributed by atoms with Crippen molar-refractivity contribution < 1.29 is 27.1 Å². The number of benzene rings is 1. The first kappa shape index (κ1) is 22.4. The molecule has 146 valence electrons. The molecule has 0 amide bonds. The van der Waals surface area contributed by atoms with E-state index in [0.717, 1.165) is 6.92 Å². The Morgan fingerprint density at radius 1 is 1.26 bits per heavy atom. The molecular formula is C20H21F4NO2. The van der Waals surface area contributed by atoms with Gasteiger partial charge in [-0.15, -0.1) is 0 Å². The molecule has 7 heteroatoms. The van der Waals surface area contributed by atoms with E-state index in [1.54, 1.807) is 12.2 Å². The van der Waals surface area contributed by atoms with E-state index in [1.165, 1.54) is 0 Å². The predicted octanol–water partition coefficient (Wildman–Crippen LogP) is 5.28. The van der Waals surface area contributed by atoms with Crippen molar-refractivity contribution in [1.82, 2.24) is 0 Å². The molecule has 3 nitrogen and oxygen atoms in total. The highest BCUT2D eigenvalue weighted by Gasteiger charge is 2.51. The lowest BCUT2D eigenvalue weighted by molar-refractivity contribution is -0.147. The van der Waals surface area contributed by atoms with Crippen molar-refractivity contribution in [1.29, 1.82) is 5.26 Å². The highest BCUT2D eigenvalue weighted by Crippen LogP contribution is 2.52. The van der Waals surface area contributed by atoms with E-state index >= 15 is 0 Å². The molecule has 1 atom stereocenters. The molecule has 0 aliphatic heterocycles. The first-order valence-electron chi connectivity index (χ1n) is 8.17. The van der Waals surface area contributed by atoms with Crippen molar-refractivity contribution in [2.75, 3.05) is 0 Å². The van der Waals surface area contributed by atoms with Crippen molar-refractivity contribution >= 4 is 5.97 Å². The first-order chi connectivity index (χ1) is 12.5. The maximum Gasteiger partial charge on any atom is 0.309 e. The summed E-state index contributed by atoms with van der Waals surface area (Å²) in [5.41, 5.74) is -1.34. The Hall–Kier alpha value is -2.62. The Morgan fingerprint density at radius 3 is 2.07 bits per heavy atom. The minimum absolute atomic E-state index is 0.196. The quantitative estimate of drug-likeness (QED) is 0.234. The van der Waals surface area contributed by atoms with Crippen molar-refractivity contribution in [3.8, 4) is 6.07 Å². The molecule has 0 spiro atoms. The van der Waals surface area contributed by atoms with E-state index in [-0.39, 0.29) is 11.3 Å².